The number of carbonyl (C=O) groups is 2. The molecular weight excluding hydrogens is 229 g/mol. The van der Waals surface area contributed by atoms with Gasteiger partial charge in [0.25, 0.3) is 10.1 Å². The fraction of sp³-hybridized carbons (Fsp3) is 0.500. The molecule has 0 amide bonds. The normalized spacial score (nSPS) is 11.8. The van der Waals surface area contributed by atoms with E-state index in [1.807, 2.05) is 0 Å². The number of hydrogen-bond acceptors (Lipinski definition) is 6. The van der Waals surface area contributed by atoms with Crippen LogP contribution in [0.15, 0.2) is 0 Å². The second kappa shape index (κ2) is 7.15. The standard InChI is InChI=1S/C4H6O7S.H3N.Na/c5-3(6)1-2(4(7)8)12(9,10)11;;/h2H,1H2,(H,5,6)(H,7,8)(H,9,10,11);1H3;/q;;+1/p-1. The van der Waals surface area contributed by atoms with Crippen molar-refractivity contribution in [2.75, 3.05) is 0 Å². The van der Waals surface area contributed by atoms with Crippen LogP contribution in [0.4, 0.5) is 0 Å². The third kappa shape index (κ3) is 7.24. The van der Waals surface area contributed by atoms with Crippen LogP contribution in [0.3, 0.4) is 0 Å². The van der Waals surface area contributed by atoms with E-state index in [9.17, 15) is 28.2 Å². The molecule has 5 N–H and O–H groups in total. The van der Waals surface area contributed by atoms with E-state index in [1.165, 1.54) is 0 Å². The maximum Gasteiger partial charge on any atom is 1.00 e. The van der Waals surface area contributed by atoms with Crippen LogP contribution in [-0.4, -0.2) is 30.2 Å². The van der Waals surface area contributed by atoms with Gasteiger partial charge < -0.3 is 26.0 Å². The summed E-state index contributed by atoms with van der Waals surface area (Å²) in [6.45, 7) is 0. The Labute approximate surface area is 102 Å². The molecule has 8 nitrogen and oxygen atoms in total. The largest absolute Gasteiger partial charge is 1.00 e. The van der Waals surface area contributed by atoms with Gasteiger partial charge >= 0.3 is 29.6 Å². The van der Waals surface area contributed by atoms with E-state index in [0.29, 0.717) is 0 Å². The van der Waals surface area contributed by atoms with Crippen molar-refractivity contribution in [1.82, 2.24) is 6.15 Å². The third-order valence-corrected chi connectivity index (χ3v) is 2.05. The quantitative estimate of drug-likeness (QED) is 0.361. The summed E-state index contributed by atoms with van der Waals surface area (Å²) in [5.74, 6) is -4.08. The molecule has 78 valence electrons. The maximum absolute atomic E-state index is 10.2. The molecule has 0 aromatic heterocycles. The fourth-order valence-electron chi connectivity index (χ4n) is 0.462. The summed E-state index contributed by atoms with van der Waals surface area (Å²) in [6.07, 6.45) is -1.33. The van der Waals surface area contributed by atoms with Crippen molar-refractivity contribution in [2.24, 2.45) is 0 Å². The smallest absolute Gasteiger partial charge is 0.550 e. The van der Waals surface area contributed by atoms with Crippen LogP contribution in [-0.2, 0) is 19.7 Å². The van der Waals surface area contributed by atoms with Gasteiger partial charge in [-0.1, -0.05) is 0 Å². The Bertz CT molecular complexity index is 299. The average molecular weight is 237 g/mol. The molecule has 0 saturated heterocycles. The number of rotatable bonds is 4. The molecule has 0 rings (SSSR count). The summed E-state index contributed by atoms with van der Waals surface area (Å²) in [7, 11) is -4.94. The molecule has 0 aliphatic rings. The van der Waals surface area contributed by atoms with E-state index < -0.39 is 33.7 Å². The second-order valence-electron chi connectivity index (χ2n) is 1.90. The maximum atomic E-state index is 10.2. The Hall–Kier alpha value is -0.190. The summed E-state index contributed by atoms with van der Waals surface area (Å²) >= 11 is 0. The fourth-order valence-corrected chi connectivity index (χ4v) is 1.05. The van der Waals surface area contributed by atoms with Gasteiger partial charge in [0.05, 0.1) is 5.97 Å². The molecule has 10 heteroatoms. The minimum Gasteiger partial charge on any atom is -0.550 e. The van der Waals surface area contributed by atoms with E-state index in [1.54, 1.807) is 0 Å². The van der Waals surface area contributed by atoms with E-state index in [4.69, 9.17) is 4.55 Å². The predicted octanol–water partition coefficient (Wildman–Crippen LogP) is -6.49. The molecule has 0 bridgehead atoms. The first kappa shape index (κ1) is 19.4. The van der Waals surface area contributed by atoms with Crippen molar-refractivity contribution in [2.45, 2.75) is 11.7 Å². The number of aliphatic carboxylic acids is 2. The van der Waals surface area contributed by atoms with Crippen molar-refractivity contribution in [3.63, 3.8) is 0 Å². The van der Waals surface area contributed by atoms with Crippen LogP contribution in [0.1, 0.15) is 6.42 Å². The average Bonchev–Trinajstić information content (AvgIpc) is 1.79. The molecule has 14 heavy (non-hydrogen) atoms. The van der Waals surface area contributed by atoms with Gasteiger partial charge in [-0.05, 0) is 0 Å². The molecule has 0 heterocycles. The molecule has 0 spiro atoms. The van der Waals surface area contributed by atoms with Gasteiger partial charge in [0.15, 0.2) is 0 Å². The minimum atomic E-state index is -4.94. The van der Waals surface area contributed by atoms with Gasteiger partial charge in [0.2, 0.25) is 0 Å². The Morgan fingerprint density at radius 3 is 1.71 bits per heavy atom. The number of carbonyl (C=O) groups excluding carboxylic acids is 2. The van der Waals surface area contributed by atoms with Gasteiger partial charge in [-0.15, -0.1) is 0 Å². The van der Waals surface area contributed by atoms with Gasteiger partial charge in [0, 0.05) is 12.4 Å². The summed E-state index contributed by atoms with van der Waals surface area (Å²) in [6, 6.07) is 0. The van der Waals surface area contributed by atoms with Crippen molar-refractivity contribution in [3.05, 3.63) is 0 Å². The number of quaternary nitrogens is 1. The first-order chi connectivity index (χ1) is 5.25. The van der Waals surface area contributed by atoms with Crippen molar-refractivity contribution in [3.8, 4) is 0 Å². The number of carboxylic acids is 2. The van der Waals surface area contributed by atoms with Crippen LogP contribution in [0.25, 0.3) is 0 Å². The van der Waals surface area contributed by atoms with Crippen LogP contribution in [0.2, 0.25) is 0 Å². The van der Waals surface area contributed by atoms with Crippen LogP contribution in [0, 0.1) is 0 Å². The molecular formula is C4H8NNaO7S. The van der Waals surface area contributed by atoms with E-state index >= 15 is 0 Å². The Balaban J connectivity index is -0.000000605. The van der Waals surface area contributed by atoms with Crippen molar-refractivity contribution in [1.29, 1.82) is 0 Å². The molecule has 0 aliphatic carbocycles. The van der Waals surface area contributed by atoms with Gasteiger partial charge in [-0.25, -0.2) is 0 Å². The summed E-state index contributed by atoms with van der Waals surface area (Å²) in [4.78, 5) is 19.7. The minimum absolute atomic E-state index is 0. The number of carboxylic acid groups (broad SMARTS) is 2. The van der Waals surface area contributed by atoms with E-state index in [2.05, 4.69) is 0 Å². The molecule has 0 aromatic rings. The van der Waals surface area contributed by atoms with Crippen LogP contribution < -0.4 is 45.9 Å². The molecule has 1 unspecified atom stereocenters. The molecule has 0 fully saturated rings. The Morgan fingerprint density at radius 2 is 1.64 bits per heavy atom. The molecule has 0 radical (unpaired) electrons. The molecule has 0 aliphatic heterocycles. The first-order valence-electron chi connectivity index (χ1n) is 2.62. The summed E-state index contributed by atoms with van der Waals surface area (Å²) in [5, 5.41) is 17.3. The Morgan fingerprint density at radius 1 is 1.29 bits per heavy atom. The van der Waals surface area contributed by atoms with Crippen LogP contribution >= 0.6 is 0 Å². The molecule has 0 aromatic carbocycles. The summed E-state index contributed by atoms with van der Waals surface area (Å²) in [5.41, 5.74) is 0. The van der Waals surface area contributed by atoms with Crippen LogP contribution in [0.5, 0.6) is 0 Å². The zero-order valence-electron chi connectivity index (χ0n) is 7.59. The SMILES string of the molecule is O=C([O-])CC(C(=O)[O-])S(=O)(=O)O.[NH4+].[Na+]. The van der Waals surface area contributed by atoms with Crippen molar-refractivity contribution >= 4 is 22.1 Å². The first-order valence-corrected chi connectivity index (χ1v) is 4.12. The Kier molecular flexibility index (Phi) is 9.90. The van der Waals surface area contributed by atoms with Gasteiger partial charge in [-0.2, -0.15) is 8.42 Å². The van der Waals surface area contributed by atoms with Gasteiger partial charge in [0.1, 0.15) is 5.25 Å². The van der Waals surface area contributed by atoms with E-state index in [-0.39, 0.29) is 35.7 Å². The second-order valence-corrected chi connectivity index (χ2v) is 3.50. The van der Waals surface area contributed by atoms with Crippen molar-refractivity contribution < 1.29 is 62.3 Å². The van der Waals surface area contributed by atoms with Gasteiger partial charge in [-0.3, -0.25) is 4.55 Å². The van der Waals surface area contributed by atoms with E-state index in [0.717, 1.165) is 0 Å². The zero-order valence-corrected chi connectivity index (χ0v) is 10.4. The molecule has 1 atom stereocenters. The zero-order chi connectivity index (χ0) is 9.94. The number of hydrogen-bond donors (Lipinski definition) is 2. The third-order valence-electron chi connectivity index (χ3n) is 0.975. The monoisotopic (exact) mass is 237 g/mol. The summed E-state index contributed by atoms with van der Waals surface area (Å²) < 4.78 is 28.5. The molecule has 0 saturated carbocycles. The predicted molar refractivity (Wildman–Crippen MR) is 36.0 cm³/mol. The topological polar surface area (TPSA) is 171 Å².